The van der Waals surface area contributed by atoms with Gasteiger partial charge in [-0.15, -0.1) is 0 Å². The topological polar surface area (TPSA) is 27.7 Å². The van der Waals surface area contributed by atoms with Gasteiger partial charge < -0.3 is 13.6 Å². The van der Waals surface area contributed by atoms with Crippen LogP contribution in [0.25, 0.3) is 0 Å². The lowest BCUT2D eigenvalue weighted by molar-refractivity contribution is -0.197. The molecule has 0 aliphatic carbocycles. The van der Waals surface area contributed by atoms with E-state index in [0.29, 0.717) is 0 Å². The van der Waals surface area contributed by atoms with Gasteiger partial charge >= 0.3 is 0 Å². The SMILES string of the molecule is CC1OC(C)C(C)OC1C.C[SiH2]O[Si](C)(C)C. The molecule has 3 nitrogen and oxygen atoms in total. The summed E-state index contributed by atoms with van der Waals surface area (Å²) in [6.07, 6.45) is 0.967. The van der Waals surface area contributed by atoms with E-state index in [1.54, 1.807) is 0 Å². The fraction of sp³-hybridized carbons (Fsp3) is 1.00. The molecule has 1 saturated heterocycles. The molecule has 0 aromatic rings. The Bertz CT molecular complexity index is 180. The van der Waals surface area contributed by atoms with Gasteiger partial charge in [-0.2, -0.15) is 0 Å². The van der Waals surface area contributed by atoms with Crippen molar-refractivity contribution in [2.75, 3.05) is 0 Å². The Labute approximate surface area is 110 Å². The molecule has 5 heteroatoms. The van der Waals surface area contributed by atoms with Crippen molar-refractivity contribution in [1.29, 1.82) is 0 Å². The zero-order chi connectivity index (χ0) is 13.6. The van der Waals surface area contributed by atoms with Crippen LogP contribution in [-0.2, 0) is 13.6 Å². The molecule has 1 rings (SSSR count). The highest BCUT2D eigenvalue weighted by Gasteiger charge is 2.28. The maximum atomic E-state index is 5.59. The van der Waals surface area contributed by atoms with Crippen LogP contribution in [0.2, 0.25) is 26.2 Å². The predicted octanol–water partition coefficient (Wildman–Crippen LogP) is 2.56. The zero-order valence-electron chi connectivity index (χ0n) is 12.7. The van der Waals surface area contributed by atoms with Gasteiger partial charge in [-0.05, 0) is 47.3 Å². The number of ether oxygens (including phenoxy) is 2. The van der Waals surface area contributed by atoms with E-state index in [1.165, 1.54) is 0 Å². The molecular weight excluding hydrogens is 248 g/mol. The minimum Gasteiger partial charge on any atom is -0.461 e. The quantitative estimate of drug-likeness (QED) is 0.727. The summed E-state index contributed by atoms with van der Waals surface area (Å²) in [5.74, 6) is 0. The predicted molar refractivity (Wildman–Crippen MR) is 78.9 cm³/mol. The van der Waals surface area contributed by atoms with Crippen molar-refractivity contribution in [1.82, 2.24) is 0 Å². The lowest BCUT2D eigenvalue weighted by atomic mass is 10.1. The first-order chi connectivity index (χ1) is 7.67. The summed E-state index contributed by atoms with van der Waals surface area (Å²) in [4.78, 5) is 0. The van der Waals surface area contributed by atoms with E-state index in [4.69, 9.17) is 13.6 Å². The molecule has 1 aliphatic heterocycles. The van der Waals surface area contributed by atoms with Crippen molar-refractivity contribution in [3.8, 4) is 0 Å². The molecule has 1 heterocycles. The van der Waals surface area contributed by atoms with Gasteiger partial charge in [0.25, 0.3) is 0 Å². The molecule has 4 unspecified atom stereocenters. The number of rotatable bonds is 2. The molecule has 0 aromatic carbocycles. The molecule has 104 valence electrons. The Kier molecular flexibility index (Phi) is 7.83. The second-order valence-electron chi connectivity index (χ2n) is 5.64. The van der Waals surface area contributed by atoms with Crippen molar-refractivity contribution >= 4 is 18.1 Å². The second-order valence-corrected chi connectivity index (χ2v) is 11.6. The molecule has 1 fully saturated rings. The van der Waals surface area contributed by atoms with Crippen molar-refractivity contribution < 1.29 is 13.6 Å². The van der Waals surface area contributed by atoms with Gasteiger partial charge in [-0.25, -0.2) is 0 Å². The second kappa shape index (κ2) is 7.68. The van der Waals surface area contributed by atoms with Gasteiger partial charge in [0, 0.05) is 0 Å². The normalized spacial score (nSPS) is 34.6. The first-order valence-corrected chi connectivity index (χ1v) is 12.0. The summed E-state index contributed by atoms with van der Waals surface area (Å²) in [5.41, 5.74) is 0. The highest BCUT2D eigenvalue weighted by atomic mass is 28.4. The summed E-state index contributed by atoms with van der Waals surface area (Å²) in [7, 11) is -1.22. The van der Waals surface area contributed by atoms with Crippen molar-refractivity contribution in [2.24, 2.45) is 0 Å². The van der Waals surface area contributed by atoms with Gasteiger partial charge in [0.05, 0.1) is 24.4 Å². The highest BCUT2D eigenvalue weighted by molar-refractivity contribution is 6.73. The Morgan fingerprint density at radius 1 is 0.824 bits per heavy atom. The third-order valence-electron chi connectivity index (χ3n) is 2.76. The first kappa shape index (κ1) is 17.3. The lowest BCUT2D eigenvalue weighted by Gasteiger charge is -2.36. The maximum absolute atomic E-state index is 5.59. The summed E-state index contributed by atoms with van der Waals surface area (Å²) in [5, 5.41) is 0. The molecule has 0 bridgehead atoms. The van der Waals surface area contributed by atoms with E-state index in [-0.39, 0.29) is 34.2 Å². The molecule has 0 aromatic heterocycles. The van der Waals surface area contributed by atoms with Crippen LogP contribution in [0.5, 0.6) is 0 Å². The van der Waals surface area contributed by atoms with Crippen molar-refractivity contribution in [3.63, 3.8) is 0 Å². The first-order valence-electron chi connectivity index (χ1n) is 6.62. The van der Waals surface area contributed by atoms with Gasteiger partial charge in [0.2, 0.25) is 0 Å². The third kappa shape index (κ3) is 8.10. The van der Waals surface area contributed by atoms with Crippen LogP contribution in [0.4, 0.5) is 0 Å². The third-order valence-corrected chi connectivity index (χ3v) is 7.38. The molecular formula is C12H30O3Si2. The van der Waals surface area contributed by atoms with Crippen LogP contribution in [0.15, 0.2) is 0 Å². The van der Waals surface area contributed by atoms with Crippen LogP contribution in [0, 0.1) is 0 Å². The maximum Gasteiger partial charge on any atom is 0.169 e. The van der Waals surface area contributed by atoms with E-state index in [0.717, 1.165) is 0 Å². The smallest absolute Gasteiger partial charge is 0.169 e. The average molecular weight is 279 g/mol. The number of hydrogen-bond acceptors (Lipinski definition) is 3. The minimum atomic E-state index is -1.10. The summed E-state index contributed by atoms with van der Waals surface area (Å²) >= 11 is 0. The Balaban J connectivity index is 0.000000325. The Morgan fingerprint density at radius 3 is 1.24 bits per heavy atom. The molecule has 0 amide bonds. The van der Waals surface area contributed by atoms with E-state index in [1.807, 2.05) is 27.7 Å². The molecule has 1 aliphatic rings. The van der Waals surface area contributed by atoms with Gasteiger partial charge in [0.15, 0.2) is 8.32 Å². The Morgan fingerprint density at radius 2 is 1.12 bits per heavy atom. The summed E-state index contributed by atoms with van der Waals surface area (Å²) < 4.78 is 16.7. The van der Waals surface area contributed by atoms with Gasteiger partial charge in [-0.3, -0.25) is 0 Å². The molecule has 4 atom stereocenters. The van der Waals surface area contributed by atoms with Crippen LogP contribution >= 0.6 is 0 Å². The van der Waals surface area contributed by atoms with Crippen LogP contribution < -0.4 is 0 Å². The fourth-order valence-corrected chi connectivity index (χ4v) is 5.02. The van der Waals surface area contributed by atoms with Gasteiger partial charge in [0.1, 0.15) is 9.76 Å². The van der Waals surface area contributed by atoms with Crippen LogP contribution in [0.3, 0.4) is 0 Å². The fourth-order valence-electron chi connectivity index (χ4n) is 1.55. The van der Waals surface area contributed by atoms with Crippen LogP contribution in [-0.4, -0.2) is 42.5 Å². The zero-order valence-corrected chi connectivity index (χ0v) is 15.2. The van der Waals surface area contributed by atoms with Crippen molar-refractivity contribution in [3.05, 3.63) is 0 Å². The van der Waals surface area contributed by atoms with Gasteiger partial charge in [-0.1, -0.05) is 6.55 Å². The molecule has 0 radical (unpaired) electrons. The van der Waals surface area contributed by atoms with E-state index < -0.39 is 8.32 Å². The molecule has 0 N–H and O–H groups in total. The molecule has 17 heavy (non-hydrogen) atoms. The Hall–Kier alpha value is 0.314. The lowest BCUT2D eigenvalue weighted by Crippen LogP contribution is -2.44. The number of hydrogen-bond donors (Lipinski definition) is 0. The highest BCUT2D eigenvalue weighted by Crippen LogP contribution is 2.18. The van der Waals surface area contributed by atoms with E-state index in [9.17, 15) is 0 Å². The standard InChI is InChI=1S/C8H16O2.C4H14OSi2/c1-5-6(2)10-8(4)7(3)9-5;1-6-5-7(2,3)4/h5-8H,1-4H3;6H2,1-4H3. The van der Waals surface area contributed by atoms with E-state index >= 15 is 0 Å². The summed E-state index contributed by atoms with van der Waals surface area (Å²) in [6, 6.07) is 0. The average Bonchev–Trinajstić information content (AvgIpc) is 2.14. The molecule has 0 saturated carbocycles. The van der Waals surface area contributed by atoms with E-state index in [2.05, 4.69) is 26.2 Å². The largest absolute Gasteiger partial charge is 0.461 e. The molecule has 0 spiro atoms. The minimum absolute atomic E-state index is 0.128. The van der Waals surface area contributed by atoms with Crippen molar-refractivity contribution in [2.45, 2.75) is 78.3 Å². The summed E-state index contributed by atoms with van der Waals surface area (Å²) in [6.45, 7) is 17.1. The van der Waals surface area contributed by atoms with Crippen LogP contribution in [0.1, 0.15) is 27.7 Å². The monoisotopic (exact) mass is 278 g/mol.